The van der Waals surface area contributed by atoms with Gasteiger partial charge in [-0.1, -0.05) is 24.3 Å². The Bertz CT molecular complexity index is 859. The molecule has 0 atom stereocenters. The third kappa shape index (κ3) is 4.37. The standard InChI is InChI=1S/C22H27N5/c1-19-16-23-10-8-22(19)26-12-5-11-25(14-15-26)17-20-6-2-3-7-21(20)18-27-13-4-9-24-27/h2-4,6-10,13,16H,5,11-12,14-15,17-18H2,1H3. The lowest BCUT2D eigenvalue weighted by atomic mass is 10.1. The minimum atomic E-state index is 0.833. The molecular weight excluding hydrogens is 334 g/mol. The predicted molar refractivity (Wildman–Crippen MR) is 109 cm³/mol. The van der Waals surface area contributed by atoms with E-state index in [2.05, 4.69) is 57.1 Å². The van der Waals surface area contributed by atoms with Gasteiger partial charge in [-0.15, -0.1) is 0 Å². The van der Waals surface area contributed by atoms with Gasteiger partial charge in [0.05, 0.1) is 6.54 Å². The molecule has 0 N–H and O–H groups in total. The van der Waals surface area contributed by atoms with Crippen molar-refractivity contribution in [2.45, 2.75) is 26.4 Å². The maximum atomic E-state index is 4.36. The first kappa shape index (κ1) is 17.7. The zero-order chi connectivity index (χ0) is 18.5. The van der Waals surface area contributed by atoms with Gasteiger partial charge in [0.15, 0.2) is 0 Å². The molecule has 1 fully saturated rings. The second-order valence-corrected chi connectivity index (χ2v) is 7.25. The third-order valence-corrected chi connectivity index (χ3v) is 5.32. The summed E-state index contributed by atoms with van der Waals surface area (Å²) in [6.07, 6.45) is 8.91. The molecule has 27 heavy (non-hydrogen) atoms. The molecule has 0 aliphatic carbocycles. The number of aromatic nitrogens is 3. The number of rotatable bonds is 5. The lowest BCUT2D eigenvalue weighted by Crippen LogP contribution is -2.31. The summed E-state index contributed by atoms with van der Waals surface area (Å²) >= 11 is 0. The Kier molecular flexibility index (Phi) is 5.49. The number of nitrogens with zero attached hydrogens (tertiary/aromatic N) is 5. The Hall–Kier alpha value is -2.66. The molecule has 0 saturated carbocycles. The molecule has 1 aliphatic rings. The van der Waals surface area contributed by atoms with E-state index in [1.54, 1.807) is 0 Å². The van der Waals surface area contributed by atoms with Crippen LogP contribution in [0.3, 0.4) is 0 Å². The summed E-state index contributed by atoms with van der Waals surface area (Å²) in [5.74, 6) is 0. The molecule has 3 heterocycles. The van der Waals surface area contributed by atoms with Gasteiger partial charge < -0.3 is 4.90 Å². The summed E-state index contributed by atoms with van der Waals surface area (Å²) in [5.41, 5.74) is 5.34. The normalized spacial score (nSPS) is 15.7. The quantitative estimate of drug-likeness (QED) is 0.698. The highest BCUT2D eigenvalue weighted by molar-refractivity contribution is 5.51. The van der Waals surface area contributed by atoms with E-state index in [0.29, 0.717) is 0 Å². The topological polar surface area (TPSA) is 37.2 Å². The van der Waals surface area contributed by atoms with Crippen LogP contribution in [0.1, 0.15) is 23.1 Å². The van der Waals surface area contributed by atoms with Crippen molar-refractivity contribution in [1.82, 2.24) is 19.7 Å². The Morgan fingerprint density at radius 2 is 1.74 bits per heavy atom. The van der Waals surface area contributed by atoms with Gasteiger partial charge in [0.2, 0.25) is 0 Å². The van der Waals surface area contributed by atoms with Crippen LogP contribution in [0.4, 0.5) is 5.69 Å². The van der Waals surface area contributed by atoms with E-state index >= 15 is 0 Å². The molecule has 5 heteroatoms. The molecule has 0 radical (unpaired) electrons. The van der Waals surface area contributed by atoms with Crippen LogP contribution in [0, 0.1) is 6.92 Å². The Morgan fingerprint density at radius 1 is 0.889 bits per heavy atom. The summed E-state index contributed by atoms with van der Waals surface area (Å²) in [5, 5.41) is 4.36. The smallest absolute Gasteiger partial charge is 0.0662 e. The van der Waals surface area contributed by atoms with E-state index in [1.165, 1.54) is 28.8 Å². The molecule has 140 valence electrons. The Morgan fingerprint density at radius 3 is 2.52 bits per heavy atom. The summed E-state index contributed by atoms with van der Waals surface area (Å²) in [7, 11) is 0. The molecule has 0 unspecified atom stereocenters. The average Bonchev–Trinajstić information content (AvgIpc) is 3.09. The number of pyridine rings is 1. The fraction of sp³-hybridized carbons (Fsp3) is 0.364. The monoisotopic (exact) mass is 361 g/mol. The number of hydrogen-bond donors (Lipinski definition) is 0. The maximum Gasteiger partial charge on any atom is 0.0662 e. The van der Waals surface area contributed by atoms with Crippen molar-refractivity contribution >= 4 is 5.69 Å². The van der Waals surface area contributed by atoms with Crippen LogP contribution < -0.4 is 4.90 Å². The summed E-state index contributed by atoms with van der Waals surface area (Å²) in [6, 6.07) is 12.9. The summed E-state index contributed by atoms with van der Waals surface area (Å²) < 4.78 is 2.00. The van der Waals surface area contributed by atoms with Gasteiger partial charge in [0.25, 0.3) is 0 Å². The molecular formula is C22H27N5. The number of aryl methyl sites for hydroxylation is 1. The predicted octanol–water partition coefficient (Wildman–Crippen LogP) is 3.35. The van der Waals surface area contributed by atoms with E-state index in [4.69, 9.17) is 0 Å². The molecule has 0 spiro atoms. The van der Waals surface area contributed by atoms with E-state index in [0.717, 1.165) is 39.3 Å². The summed E-state index contributed by atoms with van der Waals surface area (Å²) in [6.45, 7) is 8.37. The molecule has 0 amide bonds. The second kappa shape index (κ2) is 8.35. The van der Waals surface area contributed by atoms with Gasteiger partial charge in [-0.3, -0.25) is 14.6 Å². The lowest BCUT2D eigenvalue weighted by Gasteiger charge is -2.25. The Balaban J connectivity index is 1.43. The Labute approximate surface area is 161 Å². The molecule has 3 aromatic rings. The molecule has 1 saturated heterocycles. The highest BCUT2D eigenvalue weighted by atomic mass is 15.3. The van der Waals surface area contributed by atoms with E-state index in [9.17, 15) is 0 Å². The first-order valence-corrected chi connectivity index (χ1v) is 9.72. The first-order valence-electron chi connectivity index (χ1n) is 9.72. The fourth-order valence-electron chi connectivity index (χ4n) is 3.87. The van der Waals surface area contributed by atoms with Crippen molar-refractivity contribution in [2.75, 3.05) is 31.1 Å². The summed E-state index contributed by atoms with van der Waals surface area (Å²) in [4.78, 5) is 9.32. The lowest BCUT2D eigenvalue weighted by molar-refractivity contribution is 0.284. The third-order valence-electron chi connectivity index (χ3n) is 5.32. The second-order valence-electron chi connectivity index (χ2n) is 7.25. The van der Waals surface area contributed by atoms with E-state index in [-0.39, 0.29) is 0 Å². The van der Waals surface area contributed by atoms with Crippen LogP contribution in [0.2, 0.25) is 0 Å². The van der Waals surface area contributed by atoms with Gasteiger partial charge >= 0.3 is 0 Å². The number of benzene rings is 1. The van der Waals surface area contributed by atoms with Crippen molar-refractivity contribution in [1.29, 1.82) is 0 Å². The highest BCUT2D eigenvalue weighted by Gasteiger charge is 2.17. The minimum absolute atomic E-state index is 0.833. The zero-order valence-electron chi connectivity index (χ0n) is 16.0. The van der Waals surface area contributed by atoms with Gasteiger partial charge in [0, 0.05) is 63.2 Å². The van der Waals surface area contributed by atoms with Gasteiger partial charge in [-0.05, 0) is 42.2 Å². The SMILES string of the molecule is Cc1cnccc1N1CCCN(Cc2ccccc2Cn2cccn2)CC1. The van der Waals surface area contributed by atoms with Crippen molar-refractivity contribution in [3.05, 3.63) is 77.9 Å². The van der Waals surface area contributed by atoms with Crippen LogP contribution >= 0.6 is 0 Å². The molecule has 1 aliphatic heterocycles. The molecule has 0 bridgehead atoms. The van der Waals surface area contributed by atoms with Crippen LogP contribution in [-0.4, -0.2) is 45.8 Å². The molecule has 1 aromatic carbocycles. The van der Waals surface area contributed by atoms with Crippen LogP contribution in [0.15, 0.2) is 61.2 Å². The van der Waals surface area contributed by atoms with Crippen LogP contribution in [0.5, 0.6) is 0 Å². The van der Waals surface area contributed by atoms with Crippen LogP contribution in [0.25, 0.3) is 0 Å². The molecule has 2 aromatic heterocycles. The van der Waals surface area contributed by atoms with E-state index in [1.807, 2.05) is 35.5 Å². The average molecular weight is 361 g/mol. The van der Waals surface area contributed by atoms with E-state index < -0.39 is 0 Å². The van der Waals surface area contributed by atoms with Gasteiger partial charge in [-0.2, -0.15) is 5.10 Å². The van der Waals surface area contributed by atoms with Gasteiger partial charge in [0.1, 0.15) is 0 Å². The molecule has 5 nitrogen and oxygen atoms in total. The molecule has 4 rings (SSSR count). The minimum Gasteiger partial charge on any atom is -0.370 e. The van der Waals surface area contributed by atoms with Gasteiger partial charge in [-0.25, -0.2) is 0 Å². The van der Waals surface area contributed by atoms with Crippen molar-refractivity contribution in [3.63, 3.8) is 0 Å². The first-order chi connectivity index (χ1) is 13.3. The maximum absolute atomic E-state index is 4.36. The van der Waals surface area contributed by atoms with Crippen molar-refractivity contribution < 1.29 is 0 Å². The highest BCUT2D eigenvalue weighted by Crippen LogP contribution is 2.21. The zero-order valence-corrected chi connectivity index (χ0v) is 16.0. The number of hydrogen-bond acceptors (Lipinski definition) is 4. The van der Waals surface area contributed by atoms with Crippen LogP contribution in [-0.2, 0) is 13.1 Å². The van der Waals surface area contributed by atoms with Crippen molar-refractivity contribution in [3.8, 4) is 0 Å². The fourth-order valence-corrected chi connectivity index (χ4v) is 3.87. The van der Waals surface area contributed by atoms with Crippen molar-refractivity contribution in [2.24, 2.45) is 0 Å². The largest absolute Gasteiger partial charge is 0.370 e. The number of anilines is 1.